The first kappa shape index (κ1) is 9.33. The predicted octanol–water partition coefficient (Wildman–Crippen LogP) is 2.75. The number of aryl methyl sites for hydroxylation is 2. The van der Waals surface area contributed by atoms with Crippen molar-refractivity contribution in [2.24, 2.45) is 0 Å². The first-order valence-electron chi connectivity index (χ1n) is 5.53. The van der Waals surface area contributed by atoms with Gasteiger partial charge in [-0.1, -0.05) is 19.1 Å². The molecule has 0 spiro atoms. The van der Waals surface area contributed by atoms with Gasteiger partial charge in [0.1, 0.15) is 0 Å². The molecule has 0 unspecified atom stereocenters. The Morgan fingerprint density at radius 2 is 2.00 bits per heavy atom. The van der Waals surface area contributed by atoms with Crippen molar-refractivity contribution >= 4 is 16.8 Å². The predicted molar refractivity (Wildman–Crippen MR) is 64.6 cm³/mol. The van der Waals surface area contributed by atoms with Crippen LogP contribution in [0.25, 0.3) is 16.8 Å². The van der Waals surface area contributed by atoms with E-state index in [4.69, 9.17) is 0 Å². The maximum absolute atomic E-state index is 4.54. The summed E-state index contributed by atoms with van der Waals surface area (Å²) in [5.41, 5.74) is 4.42. The fourth-order valence-electron chi connectivity index (χ4n) is 2.08. The van der Waals surface area contributed by atoms with Crippen LogP contribution in [0.5, 0.6) is 0 Å². The van der Waals surface area contributed by atoms with Crippen molar-refractivity contribution in [2.45, 2.75) is 20.3 Å². The first-order valence-corrected chi connectivity index (χ1v) is 5.53. The number of hydrogen-bond acceptors (Lipinski definition) is 2. The van der Waals surface area contributed by atoms with E-state index in [0.29, 0.717) is 0 Å². The minimum atomic E-state index is 0.804. The molecule has 2 aromatic heterocycles. The second-order valence-electron chi connectivity index (χ2n) is 3.98. The van der Waals surface area contributed by atoms with E-state index in [1.165, 1.54) is 5.69 Å². The zero-order valence-electron chi connectivity index (χ0n) is 9.44. The SMILES string of the molecule is CCc1cc(C)n2c(n1)nc1ccccc12. The van der Waals surface area contributed by atoms with Gasteiger partial charge >= 0.3 is 0 Å². The van der Waals surface area contributed by atoms with Crippen LogP contribution in [0.1, 0.15) is 18.3 Å². The summed E-state index contributed by atoms with van der Waals surface area (Å²) in [6, 6.07) is 10.3. The molecule has 3 aromatic rings. The molecule has 3 heteroatoms. The van der Waals surface area contributed by atoms with Crippen LogP contribution in [-0.4, -0.2) is 14.4 Å². The quantitative estimate of drug-likeness (QED) is 0.619. The van der Waals surface area contributed by atoms with Crippen LogP contribution in [-0.2, 0) is 6.42 Å². The van der Waals surface area contributed by atoms with Crippen LogP contribution in [0.2, 0.25) is 0 Å². The highest BCUT2D eigenvalue weighted by Crippen LogP contribution is 2.17. The Hall–Kier alpha value is -1.90. The Morgan fingerprint density at radius 1 is 1.19 bits per heavy atom. The summed E-state index contributed by atoms with van der Waals surface area (Å²) in [6.45, 7) is 4.21. The van der Waals surface area contributed by atoms with Gasteiger partial charge in [0.05, 0.1) is 11.0 Å². The highest BCUT2D eigenvalue weighted by atomic mass is 15.1. The zero-order valence-corrected chi connectivity index (χ0v) is 9.44. The molecule has 0 amide bonds. The summed E-state index contributed by atoms with van der Waals surface area (Å²) in [4.78, 5) is 9.08. The normalized spacial score (nSPS) is 11.4. The van der Waals surface area contributed by atoms with Gasteiger partial charge in [0, 0.05) is 11.4 Å². The number of fused-ring (bicyclic) bond motifs is 3. The highest BCUT2D eigenvalue weighted by Gasteiger charge is 2.07. The van der Waals surface area contributed by atoms with Crippen LogP contribution < -0.4 is 0 Å². The number of nitrogens with zero attached hydrogens (tertiary/aromatic N) is 3. The third-order valence-corrected chi connectivity index (χ3v) is 2.88. The van der Waals surface area contributed by atoms with E-state index < -0.39 is 0 Å². The van der Waals surface area contributed by atoms with E-state index in [-0.39, 0.29) is 0 Å². The summed E-state index contributed by atoms with van der Waals surface area (Å²) < 4.78 is 2.11. The van der Waals surface area contributed by atoms with Crippen LogP contribution in [0, 0.1) is 6.92 Å². The third kappa shape index (κ3) is 1.21. The average Bonchev–Trinajstić information content (AvgIpc) is 2.67. The van der Waals surface area contributed by atoms with Crippen molar-refractivity contribution in [3.05, 3.63) is 41.7 Å². The summed E-state index contributed by atoms with van der Waals surface area (Å²) in [5, 5.41) is 0. The van der Waals surface area contributed by atoms with Gasteiger partial charge in [-0.25, -0.2) is 9.97 Å². The maximum atomic E-state index is 4.54. The summed E-state index contributed by atoms with van der Waals surface area (Å²) in [7, 11) is 0. The van der Waals surface area contributed by atoms with Crippen molar-refractivity contribution in [2.75, 3.05) is 0 Å². The smallest absolute Gasteiger partial charge is 0.235 e. The lowest BCUT2D eigenvalue weighted by molar-refractivity contribution is 0.973. The van der Waals surface area contributed by atoms with E-state index >= 15 is 0 Å². The Bertz CT molecular complexity index is 667. The summed E-state index contributed by atoms with van der Waals surface area (Å²) in [5.74, 6) is 0.804. The minimum absolute atomic E-state index is 0.804. The molecule has 2 heterocycles. The van der Waals surface area contributed by atoms with Crippen LogP contribution >= 0.6 is 0 Å². The van der Waals surface area contributed by atoms with E-state index in [1.807, 2.05) is 18.2 Å². The van der Waals surface area contributed by atoms with Crippen molar-refractivity contribution < 1.29 is 0 Å². The second kappa shape index (κ2) is 3.30. The molecule has 0 aliphatic carbocycles. The first-order chi connectivity index (χ1) is 7.79. The molecule has 3 rings (SSSR count). The van der Waals surface area contributed by atoms with E-state index in [0.717, 1.165) is 28.9 Å². The molecule has 16 heavy (non-hydrogen) atoms. The van der Waals surface area contributed by atoms with Crippen molar-refractivity contribution in [1.29, 1.82) is 0 Å². The topological polar surface area (TPSA) is 30.2 Å². The summed E-state index contributed by atoms with van der Waals surface area (Å²) >= 11 is 0. The van der Waals surface area contributed by atoms with E-state index in [2.05, 4.69) is 40.3 Å². The number of rotatable bonds is 1. The van der Waals surface area contributed by atoms with Gasteiger partial charge in [-0.3, -0.25) is 4.40 Å². The van der Waals surface area contributed by atoms with Gasteiger partial charge in [-0.2, -0.15) is 0 Å². The van der Waals surface area contributed by atoms with Crippen molar-refractivity contribution in [1.82, 2.24) is 14.4 Å². The number of hydrogen-bond donors (Lipinski definition) is 0. The Kier molecular flexibility index (Phi) is 1.93. The molecule has 0 aliphatic heterocycles. The molecule has 0 atom stereocenters. The molecular formula is C13H13N3. The van der Waals surface area contributed by atoms with Gasteiger partial charge in [0.2, 0.25) is 5.78 Å². The number of para-hydroxylation sites is 2. The Morgan fingerprint density at radius 3 is 2.81 bits per heavy atom. The average molecular weight is 211 g/mol. The third-order valence-electron chi connectivity index (χ3n) is 2.88. The monoisotopic (exact) mass is 211 g/mol. The van der Waals surface area contributed by atoms with Crippen molar-refractivity contribution in [3.8, 4) is 0 Å². The van der Waals surface area contributed by atoms with Gasteiger partial charge in [-0.05, 0) is 31.5 Å². The second-order valence-corrected chi connectivity index (χ2v) is 3.98. The molecule has 0 bridgehead atoms. The molecule has 0 radical (unpaired) electrons. The number of imidazole rings is 1. The Balaban J connectivity index is 2.50. The molecule has 0 aliphatic rings. The van der Waals surface area contributed by atoms with Crippen LogP contribution in [0.4, 0.5) is 0 Å². The van der Waals surface area contributed by atoms with Crippen molar-refractivity contribution in [3.63, 3.8) is 0 Å². The molecule has 0 N–H and O–H groups in total. The van der Waals surface area contributed by atoms with E-state index in [1.54, 1.807) is 0 Å². The lowest BCUT2D eigenvalue weighted by Crippen LogP contribution is -1.97. The molecule has 3 nitrogen and oxygen atoms in total. The summed E-state index contributed by atoms with van der Waals surface area (Å²) in [6.07, 6.45) is 0.945. The maximum Gasteiger partial charge on any atom is 0.235 e. The zero-order chi connectivity index (χ0) is 11.1. The van der Waals surface area contributed by atoms with Gasteiger partial charge < -0.3 is 0 Å². The fraction of sp³-hybridized carbons (Fsp3) is 0.231. The Labute approximate surface area is 93.8 Å². The molecule has 80 valence electrons. The molecule has 1 aromatic carbocycles. The number of benzene rings is 1. The van der Waals surface area contributed by atoms with Crippen LogP contribution in [0.3, 0.4) is 0 Å². The highest BCUT2D eigenvalue weighted by molar-refractivity contribution is 5.79. The lowest BCUT2D eigenvalue weighted by atomic mass is 10.3. The van der Waals surface area contributed by atoms with Gasteiger partial charge in [0.15, 0.2) is 0 Å². The van der Waals surface area contributed by atoms with Gasteiger partial charge in [0.25, 0.3) is 0 Å². The van der Waals surface area contributed by atoms with Gasteiger partial charge in [-0.15, -0.1) is 0 Å². The number of aromatic nitrogens is 3. The standard InChI is InChI=1S/C13H13N3/c1-3-10-8-9(2)16-12-7-5-4-6-11(12)15-13(16)14-10/h4-8H,3H2,1-2H3. The fourth-order valence-corrected chi connectivity index (χ4v) is 2.08. The minimum Gasteiger partial charge on any atom is -0.281 e. The van der Waals surface area contributed by atoms with Crippen LogP contribution in [0.15, 0.2) is 30.3 Å². The molecular weight excluding hydrogens is 198 g/mol. The molecule has 0 saturated carbocycles. The van der Waals surface area contributed by atoms with E-state index in [9.17, 15) is 0 Å². The largest absolute Gasteiger partial charge is 0.281 e. The molecule has 0 saturated heterocycles. The molecule has 0 fully saturated rings. The lowest BCUT2D eigenvalue weighted by Gasteiger charge is -2.03.